The van der Waals surface area contributed by atoms with Gasteiger partial charge in [-0.15, -0.1) is 0 Å². The Labute approximate surface area is 180 Å². The number of rotatable bonds is 8. The third kappa shape index (κ3) is 6.82. The summed E-state index contributed by atoms with van der Waals surface area (Å²) in [5.74, 6) is -1.29. The third-order valence-electron chi connectivity index (χ3n) is 4.55. The summed E-state index contributed by atoms with van der Waals surface area (Å²) >= 11 is 0. The van der Waals surface area contributed by atoms with Gasteiger partial charge >= 0.3 is 5.97 Å². The lowest BCUT2D eigenvalue weighted by Gasteiger charge is -2.14. The first-order valence-electron chi connectivity index (χ1n) is 10.0. The van der Waals surface area contributed by atoms with E-state index in [0.717, 1.165) is 16.3 Å². The van der Waals surface area contributed by atoms with Crippen LogP contribution in [-0.2, 0) is 19.1 Å². The van der Waals surface area contributed by atoms with E-state index in [1.165, 1.54) is 13.0 Å². The molecule has 6 nitrogen and oxygen atoms in total. The van der Waals surface area contributed by atoms with Crippen LogP contribution in [0.2, 0.25) is 0 Å². The fourth-order valence-electron chi connectivity index (χ4n) is 2.90. The zero-order valence-electron chi connectivity index (χ0n) is 17.2. The zero-order chi connectivity index (χ0) is 22.1. The van der Waals surface area contributed by atoms with E-state index in [9.17, 15) is 14.4 Å². The Kier molecular flexibility index (Phi) is 7.54. The van der Waals surface area contributed by atoms with E-state index in [-0.39, 0.29) is 18.9 Å². The van der Waals surface area contributed by atoms with Crippen LogP contribution < -0.4 is 10.6 Å². The Morgan fingerprint density at radius 2 is 1.65 bits per heavy atom. The number of esters is 1. The average molecular weight is 416 g/mol. The molecule has 3 rings (SSSR count). The monoisotopic (exact) mass is 416 g/mol. The average Bonchev–Trinajstić information content (AvgIpc) is 2.78. The maximum Gasteiger partial charge on any atom is 0.308 e. The van der Waals surface area contributed by atoms with Crippen LogP contribution in [0.3, 0.4) is 0 Å². The molecule has 0 aliphatic heterocycles. The minimum Gasteiger partial charge on any atom is -0.452 e. The second kappa shape index (κ2) is 10.7. The van der Waals surface area contributed by atoms with Gasteiger partial charge in [0.15, 0.2) is 6.10 Å². The predicted molar refractivity (Wildman–Crippen MR) is 121 cm³/mol. The number of anilines is 1. The van der Waals surface area contributed by atoms with Crippen molar-refractivity contribution in [3.63, 3.8) is 0 Å². The molecular formula is C25H24N2O4. The molecule has 0 aromatic heterocycles. The van der Waals surface area contributed by atoms with Gasteiger partial charge in [0.2, 0.25) is 5.91 Å². The zero-order valence-corrected chi connectivity index (χ0v) is 17.2. The topological polar surface area (TPSA) is 84.5 Å². The second-order valence-electron chi connectivity index (χ2n) is 6.97. The molecule has 3 aromatic carbocycles. The normalized spacial score (nSPS) is 11.8. The van der Waals surface area contributed by atoms with E-state index in [1.807, 2.05) is 66.7 Å². The summed E-state index contributed by atoms with van der Waals surface area (Å²) in [6, 6.07) is 22.8. The smallest absolute Gasteiger partial charge is 0.308 e. The lowest BCUT2D eigenvalue weighted by atomic mass is 10.1. The van der Waals surface area contributed by atoms with Gasteiger partial charge in [0.1, 0.15) is 0 Å². The number of carbonyl (C=O) groups is 3. The van der Waals surface area contributed by atoms with Crippen molar-refractivity contribution in [2.75, 3.05) is 11.9 Å². The number of fused-ring (bicyclic) bond motifs is 1. The summed E-state index contributed by atoms with van der Waals surface area (Å²) in [6.45, 7) is 1.63. The maximum absolute atomic E-state index is 12.3. The van der Waals surface area contributed by atoms with Crippen molar-refractivity contribution in [2.45, 2.75) is 19.4 Å². The highest BCUT2D eigenvalue weighted by Crippen LogP contribution is 2.19. The molecule has 0 bridgehead atoms. The van der Waals surface area contributed by atoms with Crippen LogP contribution in [0.4, 0.5) is 5.69 Å². The summed E-state index contributed by atoms with van der Waals surface area (Å²) in [4.78, 5) is 36.1. The van der Waals surface area contributed by atoms with Crippen molar-refractivity contribution >= 4 is 40.3 Å². The maximum atomic E-state index is 12.3. The molecule has 31 heavy (non-hydrogen) atoms. The van der Waals surface area contributed by atoms with Crippen molar-refractivity contribution in [1.82, 2.24) is 5.32 Å². The summed E-state index contributed by atoms with van der Waals surface area (Å²) in [6.07, 6.45) is 2.11. The highest BCUT2D eigenvalue weighted by atomic mass is 16.5. The van der Waals surface area contributed by atoms with Gasteiger partial charge in [-0.05, 0) is 41.5 Å². The molecule has 2 N–H and O–H groups in total. The van der Waals surface area contributed by atoms with Crippen molar-refractivity contribution in [3.05, 3.63) is 84.4 Å². The van der Waals surface area contributed by atoms with Crippen LogP contribution >= 0.6 is 0 Å². The first kappa shape index (κ1) is 21.8. The molecule has 3 aromatic rings. The van der Waals surface area contributed by atoms with Crippen molar-refractivity contribution in [3.8, 4) is 0 Å². The van der Waals surface area contributed by atoms with Gasteiger partial charge in [-0.3, -0.25) is 14.4 Å². The van der Waals surface area contributed by atoms with Crippen LogP contribution in [0, 0.1) is 0 Å². The lowest BCUT2D eigenvalue weighted by molar-refractivity contribution is -0.153. The van der Waals surface area contributed by atoms with Crippen LogP contribution in [0.15, 0.2) is 78.9 Å². The molecule has 2 amide bonds. The van der Waals surface area contributed by atoms with Crippen LogP contribution in [0.1, 0.15) is 18.9 Å². The number of amides is 2. The van der Waals surface area contributed by atoms with E-state index in [0.29, 0.717) is 5.69 Å². The Morgan fingerprint density at radius 3 is 2.42 bits per heavy atom. The molecule has 0 fully saturated rings. The summed E-state index contributed by atoms with van der Waals surface area (Å²) < 4.78 is 5.16. The molecule has 0 unspecified atom stereocenters. The molecule has 0 spiro atoms. The standard InChI is InChI=1S/C25H24N2O4/c1-18(25(30)27-22-13-12-20-9-5-6-10-21(20)17-22)31-24(29)15-16-26-23(28)14-11-19-7-3-2-4-8-19/h2-14,17-18H,15-16H2,1H3,(H,26,28)(H,27,30)/b14-11+/t18-/m0/s1. The Balaban J connectivity index is 1.40. The highest BCUT2D eigenvalue weighted by molar-refractivity contribution is 5.97. The fraction of sp³-hybridized carbons (Fsp3) is 0.160. The molecular weight excluding hydrogens is 392 g/mol. The molecule has 0 radical (unpaired) electrons. The minimum atomic E-state index is -0.951. The van der Waals surface area contributed by atoms with E-state index in [1.54, 1.807) is 12.1 Å². The van der Waals surface area contributed by atoms with Crippen molar-refractivity contribution in [1.29, 1.82) is 0 Å². The Morgan fingerprint density at radius 1 is 0.935 bits per heavy atom. The summed E-state index contributed by atoms with van der Waals surface area (Å²) in [5, 5.41) is 7.44. The lowest BCUT2D eigenvalue weighted by Crippen LogP contribution is -2.31. The quantitative estimate of drug-likeness (QED) is 0.430. The molecule has 6 heteroatoms. The Bertz CT molecular complexity index is 1090. The first-order chi connectivity index (χ1) is 15.0. The summed E-state index contributed by atoms with van der Waals surface area (Å²) in [5.41, 5.74) is 1.53. The fourth-order valence-corrected chi connectivity index (χ4v) is 2.90. The summed E-state index contributed by atoms with van der Waals surface area (Å²) in [7, 11) is 0. The molecule has 0 saturated carbocycles. The number of ether oxygens (including phenoxy) is 1. The SMILES string of the molecule is C[C@H](OC(=O)CCNC(=O)/C=C/c1ccccc1)C(=O)Nc1ccc2ccccc2c1. The van der Waals surface area contributed by atoms with Gasteiger partial charge in [-0.1, -0.05) is 60.7 Å². The number of hydrogen-bond acceptors (Lipinski definition) is 4. The van der Waals surface area contributed by atoms with Crippen LogP contribution in [0.25, 0.3) is 16.8 Å². The van der Waals surface area contributed by atoms with E-state index in [2.05, 4.69) is 10.6 Å². The van der Waals surface area contributed by atoms with E-state index in [4.69, 9.17) is 4.74 Å². The van der Waals surface area contributed by atoms with Gasteiger partial charge in [-0.2, -0.15) is 0 Å². The third-order valence-corrected chi connectivity index (χ3v) is 4.55. The van der Waals surface area contributed by atoms with Crippen LogP contribution in [-0.4, -0.2) is 30.4 Å². The minimum absolute atomic E-state index is 0.0293. The van der Waals surface area contributed by atoms with E-state index < -0.39 is 18.0 Å². The van der Waals surface area contributed by atoms with Gasteiger partial charge in [-0.25, -0.2) is 0 Å². The molecule has 1 atom stereocenters. The Hall–Kier alpha value is -3.93. The molecule has 0 aliphatic carbocycles. The van der Waals surface area contributed by atoms with Gasteiger partial charge in [0.05, 0.1) is 6.42 Å². The van der Waals surface area contributed by atoms with Gasteiger partial charge in [0, 0.05) is 18.3 Å². The number of benzene rings is 3. The number of nitrogens with one attached hydrogen (secondary N) is 2. The molecule has 0 aliphatic rings. The number of hydrogen-bond donors (Lipinski definition) is 2. The second-order valence-corrected chi connectivity index (χ2v) is 6.97. The van der Waals surface area contributed by atoms with Gasteiger partial charge < -0.3 is 15.4 Å². The predicted octanol–water partition coefficient (Wildman–Crippen LogP) is 3.93. The number of carbonyl (C=O) groups excluding carboxylic acids is 3. The van der Waals surface area contributed by atoms with Gasteiger partial charge in [0.25, 0.3) is 5.91 Å². The van der Waals surface area contributed by atoms with Crippen molar-refractivity contribution < 1.29 is 19.1 Å². The highest BCUT2D eigenvalue weighted by Gasteiger charge is 2.18. The first-order valence-corrected chi connectivity index (χ1v) is 10.0. The van der Waals surface area contributed by atoms with Crippen molar-refractivity contribution in [2.24, 2.45) is 0 Å². The van der Waals surface area contributed by atoms with Crippen LogP contribution in [0.5, 0.6) is 0 Å². The molecule has 0 heterocycles. The van der Waals surface area contributed by atoms with E-state index >= 15 is 0 Å². The largest absolute Gasteiger partial charge is 0.452 e. The molecule has 158 valence electrons. The molecule has 0 saturated heterocycles.